The lowest BCUT2D eigenvalue weighted by Gasteiger charge is -2.25. The van der Waals surface area contributed by atoms with Crippen LogP contribution in [0.3, 0.4) is 0 Å². The van der Waals surface area contributed by atoms with Crippen molar-refractivity contribution >= 4 is 5.97 Å². The van der Waals surface area contributed by atoms with Crippen molar-refractivity contribution in [3.05, 3.63) is 35.4 Å². The highest BCUT2D eigenvalue weighted by atomic mass is 16.4. The number of carboxylic acids is 1. The van der Waals surface area contributed by atoms with E-state index in [9.17, 15) is 4.79 Å². The molecule has 1 fully saturated rings. The minimum absolute atomic E-state index is 0.238. The lowest BCUT2D eigenvalue weighted by Crippen LogP contribution is -2.26. The first-order valence-corrected chi connectivity index (χ1v) is 6.20. The van der Waals surface area contributed by atoms with Crippen LogP contribution in [0.5, 0.6) is 0 Å². The predicted molar refractivity (Wildman–Crippen MR) is 67.0 cm³/mol. The van der Waals surface area contributed by atoms with Gasteiger partial charge in [0.25, 0.3) is 0 Å². The van der Waals surface area contributed by atoms with Crippen LogP contribution >= 0.6 is 0 Å². The zero-order chi connectivity index (χ0) is 12.3. The highest BCUT2D eigenvalue weighted by Crippen LogP contribution is 2.33. The van der Waals surface area contributed by atoms with Crippen LogP contribution in [0.2, 0.25) is 0 Å². The Morgan fingerprint density at radius 2 is 2.24 bits per heavy atom. The summed E-state index contributed by atoms with van der Waals surface area (Å²) in [6.07, 6.45) is 2.55. The second kappa shape index (κ2) is 5.32. The second-order valence-corrected chi connectivity index (χ2v) is 4.69. The summed E-state index contributed by atoms with van der Waals surface area (Å²) in [5, 5.41) is 8.76. The first-order chi connectivity index (χ1) is 8.18. The molecule has 0 bridgehead atoms. The van der Waals surface area contributed by atoms with E-state index < -0.39 is 5.97 Å². The van der Waals surface area contributed by atoms with E-state index in [1.165, 1.54) is 17.5 Å². The molecule has 92 valence electrons. The quantitative estimate of drug-likeness (QED) is 0.869. The molecule has 0 saturated carbocycles. The number of aliphatic carboxylic acids is 1. The van der Waals surface area contributed by atoms with Crippen LogP contribution in [-0.4, -0.2) is 29.1 Å². The Morgan fingerprint density at radius 3 is 2.94 bits per heavy atom. The summed E-state index contributed by atoms with van der Waals surface area (Å²) in [6, 6.07) is 8.82. The Bertz CT molecular complexity index is 403. The van der Waals surface area contributed by atoms with Crippen LogP contribution in [0.1, 0.15) is 36.4 Å². The van der Waals surface area contributed by atoms with Crippen LogP contribution in [0, 0.1) is 6.92 Å². The first kappa shape index (κ1) is 12.1. The second-order valence-electron chi connectivity index (χ2n) is 4.69. The van der Waals surface area contributed by atoms with Gasteiger partial charge in [0.1, 0.15) is 0 Å². The first-order valence-electron chi connectivity index (χ1n) is 6.20. The normalized spacial score (nSPS) is 20.6. The molecule has 0 aromatic heterocycles. The molecule has 1 atom stereocenters. The number of rotatable bonds is 4. The van der Waals surface area contributed by atoms with Gasteiger partial charge in [-0.1, -0.05) is 24.3 Å². The predicted octanol–water partition coefficient (Wildman–Crippen LogP) is 2.61. The van der Waals surface area contributed by atoms with E-state index in [4.69, 9.17) is 5.11 Å². The molecule has 0 aliphatic carbocycles. The number of hydrogen-bond donors (Lipinski definition) is 1. The molecule has 1 aliphatic rings. The number of benzene rings is 1. The third-order valence-electron chi connectivity index (χ3n) is 3.52. The highest BCUT2D eigenvalue weighted by molar-refractivity contribution is 5.66. The van der Waals surface area contributed by atoms with E-state index in [1.807, 2.05) is 0 Å². The Kier molecular flexibility index (Phi) is 3.79. The maximum Gasteiger partial charge on any atom is 0.304 e. The maximum atomic E-state index is 10.6. The van der Waals surface area contributed by atoms with Crippen molar-refractivity contribution in [2.75, 3.05) is 13.1 Å². The van der Waals surface area contributed by atoms with Gasteiger partial charge in [0.2, 0.25) is 0 Å². The molecule has 1 aromatic rings. The molecule has 17 heavy (non-hydrogen) atoms. The van der Waals surface area contributed by atoms with Crippen molar-refractivity contribution in [2.24, 2.45) is 0 Å². The van der Waals surface area contributed by atoms with Crippen LogP contribution in [0.15, 0.2) is 24.3 Å². The molecule has 1 aromatic carbocycles. The lowest BCUT2D eigenvalue weighted by atomic mass is 9.99. The van der Waals surface area contributed by atoms with Gasteiger partial charge in [-0.15, -0.1) is 0 Å². The molecule has 0 amide bonds. The maximum absolute atomic E-state index is 10.6. The summed E-state index contributed by atoms with van der Waals surface area (Å²) in [6.45, 7) is 3.81. The molecule has 1 heterocycles. The SMILES string of the molecule is Cc1ccccc1[C@H]1CCCN1CCC(=O)O. The summed E-state index contributed by atoms with van der Waals surface area (Å²) in [5.41, 5.74) is 2.66. The number of likely N-dealkylation sites (tertiary alicyclic amines) is 1. The number of carboxylic acid groups (broad SMARTS) is 1. The minimum Gasteiger partial charge on any atom is -0.481 e. The summed E-state index contributed by atoms with van der Waals surface area (Å²) in [4.78, 5) is 12.9. The van der Waals surface area contributed by atoms with E-state index >= 15 is 0 Å². The summed E-state index contributed by atoms with van der Waals surface area (Å²) >= 11 is 0. The van der Waals surface area contributed by atoms with Gasteiger partial charge in [-0.3, -0.25) is 9.69 Å². The molecule has 3 nitrogen and oxygen atoms in total. The van der Waals surface area contributed by atoms with Gasteiger partial charge in [0, 0.05) is 12.6 Å². The Balaban J connectivity index is 2.09. The molecule has 0 spiro atoms. The van der Waals surface area contributed by atoms with Crippen LogP contribution < -0.4 is 0 Å². The van der Waals surface area contributed by atoms with Gasteiger partial charge in [-0.25, -0.2) is 0 Å². The van der Waals surface area contributed by atoms with E-state index in [0.29, 0.717) is 12.6 Å². The Morgan fingerprint density at radius 1 is 1.47 bits per heavy atom. The van der Waals surface area contributed by atoms with Gasteiger partial charge in [-0.2, -0.15) is 0 Å². The lowest BCUT2D eigenvalue weighted by molar-refractivity contribution is -0.137. The molecular formula is C14H19NO2. The van der Waals surface area contributed by atoms with Crippen LogP contribution in [0.25, 0.3) is 0 Å². The summed E-state index contributed by atoms with van der Waals surface area (Å²) in [5.74, 6) is -0.708. The molecule has 1 saturated heterocycles. The molecule has 0 unspecified atom stereocenters. The van der Waals surface area contributed by atoms with Gasteiger partial charge in [0.15, 0.2) is 0 Å². The van der Waals surface area contributed by atoms with E-state index in [0.717, 1.165) is 13.0 Å². The van der Waals surface area contributed by atoms with Crippen molar-refractivity contribution in [3.8, 4) is 0 Å². The topological polar surface area (TPSA) is 40.5 Å². The minimum atomic E-state index is -0.708. The van der Waals surface area contributed by atoms with Crippen molar-refractivity contribution in [3.63, 3.8) is 0 Å². The Labute approximate surface area is 102 Å². The van der Waals surface area contributed by atoms with Crippen molar-refractivity contribution in [1.29, 1.82) is 0 Å². The van der Waals surface area contributed by atoms with Gasteiger partial charge < -0.3 is 5.11 Å². The standard InChI is InChI=1S/C14H19NO2/c1-11-5-2-3-6-12(11)13-7-4-9-15(13)10-8-14(16)17/h2-3,5-6,13H,4,7-10H2,1H3,(H,16,17)/t13-/m1/s1. The monoisotopic (exact) mass is 233 g/mol. The van der Waals surface area contributed by atoms with Crippen LogP contribution in [0.4, 0.5) is 0 Å². The molecule has 0 radical (unpaired) electrons. The summed E-state index contributed by atoms with van der Waals surface area (Å²) in [7, 11) is 0. The summed E-state index contributed by atoms with van der Waals surface area (Å²) < 4.78 is 0. The van der Waals surface area contributed by atoms with Crippen molar-refractivity contribution in [2.45, 2.75) is 32.2 Å². The fraction of sp³-hybridized carbons (Fsp3) is 0.500. The van der Waals surface area contributed by atoms with Gasteiger partial charge in [-0.05, 0) is 37.4 Å². The van der Waals surface area contributed by atoms with Crippen molar-refractivity contribution in [1.82, 2.24) is 4.90 Å². The van der Waals surface area contributed by atoms with E-state index in [2.05, 4.69) is 36.1 Å². The number of hydrogen-bond acceptors (Lipinski definition) is 2. The number of aryl methyl sites for hydroxylation is 1. The molecule has 2 rings (SSSR count). The molecule has 1 aliphatic heterocycles. The smallest absolute Gasteiger partial charge is 0.304 e. The third-order valence-corrected chi connectivity index (χ3v) is 3.52. The van der Waals surface area contributed by atoms with E-state index in [1.54, 1.807) is 0 Å². The van der Waals surface area contributed by atoms with Crippen LogP contribution in [-0.2, 0) is 4.79 Å². The Hall–Kier alpha value is -1.35. The largest absolute Gasteiger partial charge is 0.481 e. The molecular weight excluding hydrogens is 214 g/mol. The van der Waals surface area contributed by atoms with Crippen molar-refractivity contribution < 1.29 is 9.90 Å². The average molecular weight is 233 g/mol. The molecule has 1 N–H and O–H groups in total. The highest BCUT2D eigenvalue weighted by Gasteiger charge is 2.26. The number of carbonyl (C=O) groups is 1. The zero-order valence-electron chi connectivity index (χ0n) is 10.2. The van der Waals surface area contributed by atoms with E-state index in [-0.39, 0.29) is 6.42 Å². The zero-order valence-corrected chi connectivity index (χ0v) is 10.2. The number of nitrogens with zero attached hydrogens (tertiary/aromatic N) is 1. The molecule has 3 heteroatoms. The van der Waals surface area contributed by atoms with Gasteiger partial charge in [0.05, 0.1) is 6.42 Å². The fourth-order valence-electron chi connectivity index (χ4n) is 2.65. The fourth-order valence-corrected chi connectivity index (χ4v) is 2.65. The third kappa shape index (κ3) is 2.86. The average Bonchev–Trinajstić information content (AvgIpc) is 2.75. The van der Waals surface area contributed by atoms with Gasteiger partial charge >= 0.3 is 5.97 Å².